The number of hydrazine groups is 1. The van der Waals surface area contributed by atoms with Crippen molar-refractivity contribution in [1.82, 2.24) is 19.5 Å². The van der Waals surface area contributed by atoms with Crippen LogP contribution < -0.4 is 11.3 Å². The van der Waals surface area contributed by atoms with E-state index in [1.807, 2.05) is 10.8 Å². The van der Waals surface area contributed by atoms with E-state index in [9.17, 15) is 0 Å². The minimum atomic E-state index is 0.584. The first-order chi connectivity index (χ1) is 9.19. The van der Waals surface area contributed by atoms with Gasteiger partial charge >= 0.3 is 0 Å². The minimum Gasteiger partial charge on any atom is -0.330 e. The van der Waals surface area contributed by atoms with E-state index in [0.29, 0.717) is 12.4 Å². The van der Waals surface area contributed by atoms with E-state index >= 15 is 0 Å². The Morgan fingerprint density at radius 2 is 2.21 bits per heavy atom. The van der Waals surface area contributed by atoms with Gasteiger partial charge in [-0.25, -0.2) is 20.8 Å². The minimum absolute atomic E-state index is 0.584. The lowest BCUT2D eigenvalue weighted by molar-refractivity contribution is 0.749. The highest BCUT2D eigenvalue weighted by atomic mass is 32.1. The van der Waals surface area contributed by atoms with Crippen LogP contribution in [-0.2, 0) is 6.54 Å². The highest BCUT2D eigenvalue weighted by Crippen LogP contribution is 2.32. The number of nitrogens with zero attached hydrogens (tertiary/aromatic N) is 4. The fraction of sp³-hybridized carbons (Fsp3) is 0.250. The second-order valence-corrected chi connectivity index (χ2v) is 5.53. The average molecular weight is 274 g/mol. The third-order valence-electron chi connectivity index (χ3n) is 3.09. The molecule has 0 spiro atoms. The van der Waals surface area contributed by atoms with Gasteiger partial charge in [-0.05, 0) is 19.4 Å². The molecule has 0 saturated heterocycles. The second kappa shape index (κ2) is 4.60. The number of hydrogen-bond donors (Lipinski definition) is 2. The summed E-state index contributed by atoms with van der Waals surface area (Å²) < 4.78 is 1.93. The van der Waals surface area contributed by atoms with E-state index in [-0.39, 0.29) is 0 Å². The van der Waals surface area contributed by atoms with Crippen molar-refractivity contribution in [2.45, 2.75) is 20.4 Å². The molecule has 19 heavy (non-hydrogen) atoms. The van der Waals surface area contributed by atoms with E-state index in [1.54, 1.807) is 23.9 Å². The number of rotatable bonds is 3. The topological polar surface area (TPSA) is 81.7 Å². The Morgan fingerprint density at radius 3 is 2.89 bits per heavy atom. The Morgan fingerprint density at radius 1 is 1.37 bits per heavy atom. The number of nitrogens with one attached hydrogen (secondary N) is 1. The summed E-state index contributed by atoms with van der Waals surface area (Å²) in [5.41, 5.74) is 3.86. The van der Waals surface area contributed by atoms with Crippen LogP contribution in [0.5, 0.6) is 0 Å². The molecule has 98 valence electrons. The molecule has 0 fully saturated rings. The molecule has 0 saturated carbocycles. The van der Waals surface area contributed by atoms with Crippen LogP contribution in [0.2, 0.25) is 0 Å². The molecule has 3 aromatic heterocycles. The van der Waals surface area contributed by atoms with Gasteiger partial charge in [-0.2, -0.15) is 0 Å². The molecule has 0 atom stereocenters. The number of nitrogen functional groups attached to an aromatic ring is 1. The predicted octanol–water partition coefficient (Wildman–Crippen LogP) is 1.84. The molecule has 3 aromatic rings. The zero-order chi connectivity index (χ0) is 13.4. The molecule has 3 heterocycles. The van der Waals surface area contributed by atoms with Crippen molar-refractivity contribution in [3.8, 4) is 0 Å². The summed E-state index contributed by atoms with van der Waals surface area (Å²) in [6.45, 7) is 4.73. The highest BCUT2D eigenvalue weighted by Gasteiger charge is 2.13. The first-order valence-electron chi connectivity index (χ1n) is 5.88. The predicted molar refractivity (Wildman–Crippen MR) is 76.0 cm³/mol. The van der Waals surface area contributed by atoms with Gasteiger partial charge in [0.1, 0.15) is 4.83 Å². The van der Waals surface area contributed by atoms with Gasteiger partial charge in [-0.1, -0.05) is 0 Å². The summed E-state index contributed by atoms with van der Waals surface area (Å²) >= 11 is 1.66. The molecule has 6 nitrogen and oxygen atoms in total. The van der Waals surface area contributed by atoms with Crippen LogP contribution >= 0.6 is 11.3 Å². The summed E-state index contributed by atoms with van der Waals surface area (Å²) in [7, 11) is 0. The summed E-state index contributed by atoms with van der Waals surface area (Å²) in [6, 6.07) is 0. The van der Waals surface area contributed by atoms with Gasteiger partial charge in [0.2, 0.25) is 0 Å². The van der Waals surface area contributed by atoms with E-state index < -0.39 is 0 Å². The maximum Gasteiger partial charge on any atom is 0.152 e. The third-order valence-corrected chi connectivity index (χ3v) is 4.20. The van der Waals surface area contributed by atoms with Crippen LogP contribution in [0.25, 0.3) is 10.2 Å². The van der Waals surface area contributed by atoms with Crippen molar-refractivity contribution in [3.63, 3.8) is 0 Å². The monoisotopic (exact) mass is 274 g/mol. The van der Waals surface area contributed by atoms with Crippen LogP contribution in [-0.4, -0.2) is 19.5 Å². The van der Waals surface area contributed by atoms with E-state index in [0.717, 1.165) is 16.0 Å². The zero-order valence-electron chi connectivity index (χ0n) is 10.7. The molecule has 0 amide bonds. The molecule has 0 aliphatic heterocycles. The molecule has 3 N–H and O–H groups in total. The van der Waals surface area contributed by atoms with Crippen molar-refractivity contribution >= 4 is 27.4 Å². The van der Waals surface area contributed by atoms with Crippen LogP contribution in [0, 0.1) is 13.8 Å². The number of fused-ring (bicyclic) bond motifs is 1. The zero-order valence-corrected chi connectivity index (χ0v) is 11.5. The Hall–Kier alpha value is -1.99. The van der Waals surface area contributed by atoms with Crippen molar-refractivity contribution in [3.05, 3.63) is 35.0 Å². The maximum absolute atomic E-state index is 5.58. The number of nitrogens with two attached hydrogens (primary N) is 1. The van der Waals surface area contributed by atoms with Crippen molar-refractivity contribution in [2.75, 3.05) is 5.43 Å². The smallest absolute Gasteiger partial charge is 0.152 e. The first-order valence-corrected chi connectivity index (χ1v) is 6.69. The summed E-state index contributed by atoms with van der Waals surface area (Å²) in [5.74, 6) is 6.99. The quantitative estimate of drug-likeness (QED) is 0.562. The van der Waals surface area contributed by atoms with Gasteiger partial charge in [-0.3, -0.25) is 0 Å². The maximum atomic E-state index is 5.58. The van der Waals surface area contributed by atoms with E-state index in [2.05, 4.69) is 34.2 Å². The fourth-order valence-corrected chi connectivity index (χ4v) is 3.06. The lowest BCUT2D eigenvalue weighted by atomic mass is 10.2. The number of aryl methyl sites for hydroxylation is 2. The Bertz CT molecular complexity index is 715. The number of thiophene rings is 1. The van der Waals surface area contributed by atoms with Crippen molar-refractivity contribution in [2.24, 2.45) is 5.84 Å². The van der Waals surface area contributed by atoms with Gasteiger partial charge in [-0.15, -0.1) is 11.3 Å². The lowest BCUT2D eigenvalue weighted by Crippen LogP contribution is -2.12. The van der Waals surface area contributed by atoms with Gasteiger partial charge in [0.15, 0.2) is 11.6 Å². The Balaban J connectivity index is 2.12. The van der Waals surface area contributed by atoms with Crippen LogP contribution in [0.15, 0.2) is 18.7 Å². The van der Waals surface area contributed by atoms with Gasteiger partial charge in [0.25, 0.3) is 0 Å². The molecular weight excluding hydrogens is 260 g/mol. The Labute approximate surface area is 114 Å². The molecular formula is C12H14N6S. The number of aromatic nitrogens is 4. The first kappa shape index (κ1) is 12.1. The van der Waals surface area contributed by atoms with Crippen LogP contribution in [0.4, 0.5) is 5.82 Å². The summed E-state index contributed by atoms with van der Waals surface area (Å²) in [6.07, 6.45) is 5.36. The average Bonchev–Trinajstić information content (AvgIpc) is 2.98. The van der Waals surface area contributed by atoms with E-state index in [1.165, 1.54) is 10.4 Å². The van der Waals surface area contributed by atoms with Crippen molar-refractivity contribution in [1.29, 1.82) is 0 Å². The van der Waals surface area contributed by atoms with Crippen LogP contribution in [0.1, 0.15) is 16.3 Å². The molecule has 7 heteroatoms. The highest BCUT2D eigenvalue weighted by molar-refractivity contribution is 7.18. The molecule has 0 radical (unpaired) electrons. The van der Waals surface area contributed by atoms with Gasteiger partial charge in [0, 0.05) is 17.3 Å². The molecule has 0 aliphatic carbocycles. The molecule has 0 aliphatic rings. The SMILES string of the molecule is Cc1sc2nc(Cn3ccnc3)nc(NN)c2c1C. The third kappa shape index (κ3) is 2.06. The molecule has 0 aromatic carbocycles. The molecule has 0 bridgehead atoms. The lowest BCUT2D eigenvalue weighted by Gasteiger charge is -2.06. The summed E-state index contributed by atoms with van der Waals surface area (Å²) in [5, 5.41) is 1.01. The second-order valence-electron chi connectivity index (χ2n) is 4.33. The fourth-order valence-electron chi connectivity index (χ4n) is 2.01. The van der Waals surface area contributed by atoms with Crippen LogP contribution in [0.3, 0.4) is 0 Å². The number of anilines is 1. The van der Waals surface area contributed by atoms with Gasteiger partial charge < -0.3 is 9.99 Å². The van der Waals surface area contributed by atoms with Crippen molar-refractivity contribution < 1.29 is 0 Å². The molecule has 0 unspecified atom stereocenters. The van der Waals surface area contributed by atoms with E-state index in [4.69, 9.17) is 5.84 Å². The van der Waals surface area contributed by atoms with Gasteiger partial charge in [0.05, 0.1) is 18.3 Å². The largest absolute Gasteiger partial charge is 0.330 e. The summed E-state index contributed by atoms with van der Waals surface area (Å²) in [4.78, 5) is 15.3. The molecule has 3 rings (SSSR count). The normalized spacial score (nSPS) is 11.1. The Kier molecular flexibility index (Phi) is 2.92. The standard InChI is InChI=1S/C12H14N6S/c1-7-8(2)19-12-10(7)11(17-13)15-9(16-12)5-18-4-3-14-6-18/h3-4,6H,5,13H2,1-2H3,(H,15,16,17). The number of hydrogen-bond acceptors (Lipinski definition) is 6. The number of imidazole rings is 1.